The van der Waals surface area contributed by atoms with Gasteiger partial charge in [-0.15, -0.1) is 0 Å². The molecule has 3 N–H and O–H groups in total. The van der Waals surface area contributed by atoms with Gasteiger partial charge in [0.15, 0.2) is 0 Å². The van der Waals surface area contributed by atoms with Crippen LogP contribution in [0.3, 0.4) is 0 Å². The second-order valence-corrected chi connectivity index (χ2v) is 5.08. The Labute approximate surface area is 120 Å². The van der Waals surface area contributed by atoms with Crippen molar-refractivity contribution in [3.63, 3.8) is 0 Å². The molecule has 6 heteroatoms. The Morgan fingerprint density at radius 1 is 1.42 bits per heavy atom. The number of hydrogen-bond donors (Lipinski definition) is 3. The lowest BCUT2D eigenvalue weighted by molar-refractivity contribution is -0.137. The van der Waals surface area contributed by atoms with Crippen LogP contribution in [0.5, 0.6) is 0 Å². The van der Waals surface area contributed by atoms with Gasteiger partial charge in [-0.1, -0.05) is 35.0 Å². The summed E-state index contributed by atoms with van der Waals surface area (Å²) in [4.78, 5) is 22.2. The van der Waals surface area contributed by atoms with E-state index >= 15 is 0 Å². The number of urea groups is 1. The highest BCUT2D eigenvalue weighted by Crippen LogP contribution is 2.11. The fourth-order valence-corrected chi connectivity index (χ4v) is 2.02. The van der Waals surface area contributed by atoms with E-state index in [0.29, 0.717) is 13.0 Å². The number of hydrogen-bond acceptors (Lipinski definition) is 2. The SMILES string of the molecule is CCC(CC(=O)O)NC(=O)NCc1cccc(Br)c1. The molecule has 19 heavy (non-hydrogen) atoms. The van der Waals surface area contributed by atoms with Crippen LogP contribution >= 0.6 is 15.9 Å². The Balaban J connectivity index is 2.40. The van der Waals surface area contributed by atoms with Gasteiger partial charge in [-0.2, -0.15) is 0 Å². The van der Waals surface area contributed by atoms with Crippen LogP contribution in [0.15, 0.2) is 28.7 Å². The number of amides is 2. The molecule has 0 aliphatic carbocycles. The molecule has 1 rings (SSSR count). The van der Waals surface area contributed by atoms with E-state index in [1.54, 1.807) is 0 Å². The molecule has 0 radical (unpaired) electrons. The highest BCUT2D eigenvalue weighted by atomic mass is 79.9. The highest BCUT2D eigenvalue weighted by Gasteiger charge is 2.13. The lowest BCUT2D eigenvalue weighted by Gasteiger charge is -2.15. The van der Waals surface area contributed by atoms with Crippen LogP contribution in [0, 0.1) is 0 Å². The van der Waals surface area contributed by atoms with Gasteiger partial charge in [0.05, 0.1) is 6.42 Å². The predicted octanol–water partition coefficient (Wildman–Crippen LogP) is 2.50. The Kier molecular flexibility index (Phi) is 6.35. The van der Waals surface area contributed by atoms with E-state index < -0.39 is 5.97 Å². The molecule has 104 valence electrons. The molecule has 1 atom stereocenters. The fourth-order valence-electron chi connectivity index (χ4n) is 1.57. The van der Waals surface area contributed by atoms with Crippen molar-refractivity contribution in [3.8, 4) is 0 Å². The quantitative estimate of drug-likeness (QED) is 0.750. The summed E-state index contributed by atoms with van der Waals surface area (Å²) in [6.45, 7) is 2.23. The molecule has 0 fully saturated rings. The Morgan fingerprint density at radius 3 is 2.74 bits per heavy atom. The third-order valence-electron chi connectivity index (χ3n) is 2.59. The number of aliphatic carboxylic acids is 1. The predicted molar refractivity (Wildman–Crippen MR) is 75.8 cm³/mol. The van der Waals surface area contributed by atoms with Gasteiger partial charge in [0.25, 0.3) is 0 Å². The third-order valence-corrected chi connectivity index (χ3v) is 3.08. The zero-order chi connectivity index (χ0) is 14.3. The molecule has 0 aliphatic heterocycles. The van der Waals surface area contributed by atoms with Crippen LogP contribution in [0.25, 0.3) is 0 Å². The molecule has 0 saturated heterocycles. The first-order chi connectivity index (χ1) is 9.01. The summed E-state index contributed by atoms with van der Waals surface area (Å²) >= 11 is 3.35. The zero-order valence-electron chi connectivity index (χ0n) is 10.6. The molecule has 0 aromatic heterocycles. The van der Waals surface area contributed by atoms with Gasteiger partial charge in [0.1, 0.15) is 0 Å². The van der Waals surface area contributed by atoms with Gasteiger partial charge in [-0.05, 0) is 24.1 Å². The molecule has 0 aliphatic rings. The molecule has 1 aromatic carbocycles. The maximum atomic E-state index is 11.6. The van der Waals surface area contributed by atoms with Gasteiger partial charge in [0, 0.05) is 17.1 Å². The first kappa shape index (κ1) is 15.5. The van der Waals surface area contributed by atoms with Gasteiger partial charge in [0.2, 0.25) is 0 Å². The summed E-state index contributed by atoms with van der Waals surface area (Å²) < 4.78 is 0.949. The van der Waals surface area contributed by atoms with Crippen molar-refractivity contribution in [1.29, 1.82) is 0 Å². The fraction of sp³-hybridized carbons (Fsp3) is 0.385. The van der Waals surface area contributed by atoms with Crippen molar-refractivity contribution in [1.82, 2.24) is 10.6 Å². The number of nitrogens with one attached hydrogen (secondary N) is 2. The molecule has 0 bridgehead atoms. The van der Waals surface area contributed by atoms with Gasteiger partial charge < -0.3 is 15.7 Å². The van der Waals surface area contributed by atoms with E-state index in [0.717, 1.165) is 10.0 Å². The Morgan fingerprint density at radius 2 is 2.16 bits per heavy atom. The maximum Gasteiger partial charge on any atom is 0.315 e. The van der Waals surface area contributed by atoms with E-state index in [9.17, 15) is 9.59 Å². The number of carboxylic acids is 1. The maximum absolute atomic E-state index is 11.6. The van der Waals surface area contributed by atoms with Crippen LogP contribution in [0.2, 0.25) is 0 Å². The third kappa shape index (κ3) is 6.24. The molecular weight excluding hydrogens is 312 g/mol. The average Bonchev–Trinajstić information content (AvgIpc) is 2.35. The second kappa shape index (κ2) is 7.78. The summed E-state index contributed by atoms with van der Waals surface area (Å²) in [7, 11) is 0. The number of carbonyl (C=O) groups excluding carboxylic acids is 1. The minimum absolute atomic E-state index is 0.0686. The van der Waals surface area contributed by atoms with Crippen molar-refractivity contribution in [2.45, 2.75) is 32.4 Å². The average molecular weight is 329 g/mol. The van der Waals surface area contributed by atoms with E-state index in [-0.39, 0.29) is 18.5 Å². The Bertz CT molecular complexity index is 451. The number of carboxylic acid groups (broad SMARTS) is 1. The largest absolute Gasteiger partial charge is 0.481 e. The number of rotatable bonds is 6. The lowest BCUT2D eigenvalue weighted by atomic mass is 10.1. The molecule has 0 spiro atoms. The standard InChI is InChI=1S/C13H17BrN2O3/c1-2-11(7-12(17)18)16-13(19)15-8-9-4-3-5-10(14)6-9/h3-6,11H,2,7-8H2,1H3,(H,17,18)(H2,15,16,19). The van der Waals surface area contributed by atoms with Crippen molar-refractivity contribution in [3.05, 3.63) is 34.3 Å². The Hall–Kier alpha value is -1.56. The van der Waals surface area contributed by atoms with E-state index in [1.165, 1.54) is 0 Å². The van der Waals surface area contributed by atoms with E-state index in [2.05, 4.69) is 26.6 Å². The first-order valence-electron chi connectivity index (χ1n) is 6.02. The highest BCUT2D eigenvalue weighted by molar-refractivity contribution is 9.10. The summed E-state index contributed by atoms with van der Waals surface area (Å²) in [6, 6.07) is 6.91. The molecule has 0 saturated carbocycles. The molecular formula is C13H17BrN2O3. The van der Waals surface area contributed by atoms with Crippen molar-refractivity contribution < 1.29 is 14.7 Å². The topological polar surface area (TPSA) is 78.4 Å². The molecule has 0 heterocycles. The minimum atomic E-state index is -0.917. The number of carbonyl (C=O) groups is 2. The minimum Gasteiger partial charge on any atom is -0.481 e. The van der Waals surface area contributed by atoms with Crippen molar-refractivity contribution in [2.75, 3.05) is 0 Å². The van der Waals surface area contributed by atoms with Crippen LogP contribution in [-0.4, -0.2) is 23.1 Å². The van der Waals surface area contributed by atoms with Crippen LogP contribution in [0.1, 0.15) is 25.3 Å². The van der Waals surface area contributed by atoms with Gasteiger partial charge in [-0.3, -0.25) is 4.79 Å². The summed E-state index contributed by atoms with van der Waals surface area (Å²) in [6.07, 6.45) is 0.511. The van der Waals surface area contributed by atoms with Gasteiger partial charge >= 0.3 is 12.0 Å². The van der Waals surface area contributed by atoms with Crippen molar-refractivity contribution >= 4 is 27.9 Å². The lowest BCUT2D eigenvalue weighted by Crippen LogP contribution is -2.42. The monoisotopic (exact) mass is 328 g/mol. The van der Waals surface area contributed by atoms with Crippen LogP contribution < -0.4 is 10.6 Å². The van der Waals surface area contributed by atoms with E-state index in [1.807, 2.05) is 31.2 Å². The molecule has 1 aromatic rings. The molecule has 1 unspecified atom stereocenters. The smallest absolute Gasteiger partial charge is 0.315 e. The summed E-state index contributed by atoms with van der Waals surface area (Å²) in [5.41, 5.74) is 0.968. The van der Waals surface area contributed by atoms with Crippen LogP contribution in [-0.2, 0) is 11.3 Å². The number of benzene rings is 1. The molecule has 5 nitrogen and oxygen atoms in total. The van der Waals surface area contributed by atoms with Crippen LogP contribution in [0.4, 0.5) is 4.79 Å². The summed E-state index contributed by atoms with van der Waals surface area (Å²) in [5, 5.41) is 14.0. The second-order valence-electron chi connectivity index (χ2n) is 4.16. The van der Waals surface area contributed by atoms with Crippen molar-refractivity contribution in [2.24, 2.45) is 0 Å². The molecule has 2 amide bonds. The van der Waals surface area contributed by atoms with E-state index in [4.69, 9.17) is 5.11 Å². The first-order valence-corrected chi connectivity index (χ1v) is 6.81. The normalized spacial score (nSPS) is 11.7. The number of halogens is 1. The summed E-state index contributed by atoms with van der Waals surface area (Å²) in [5.74, 6) is -0.917. The zero-order valence-corrected chi connectivity index (χ0v) is 12.2. The van der Waals surface area contributed by atoms with Gasteiger partial charge in [-0.25, -0.2) is 4.79 Å².